The van der Waals surface area contributed by atoms with Gasteiger partial charge in [-0.15, -0.1) is 0 Å². The summed E-state index contributed by atoms with van der Waals surface area (Å²) in [5.41, 5.74) is 2.74. The van der Waals surface area contributed by atoms with Crippen molar-refractivity contribution in [2.75, 3.05) is 31.1 Å². The first-order valence-electron chi connectivity index (χ1n) is 11.8. The van der Waals surface area contributed by atoms with Gasteiger partial charge in [-0.1, -0.05) is 45.8 Å². The molecule has 36 heavy (non-hydrogen) atoms. The van der Waals surface area contributed by atoms with E-state index < -0.39 is 5.69 Å². The molecule has 9 nitrogen and oxygen atoms in total. The number of aromatic nitrogens is 4. The zero-order chi connectivity index (χ0) is 25.6. The number of rotatable bonds is 4. The van der Waals surface area contributed by atoms with Gasteiger partial charge < -0.3 is 9.80 Å². The Morgan fingerprint density at radius 3 is 2.19 bits per heavy atom. The third-order valence-corrected chi connectivity index (χ3v) is 7.26. The van der Waals surface area contributed by atoms with E-state index in [0.29, 0.717) is 55.4 Å². The predicted octanol–water partition coefficient (Wildman–Crippen LogP) is 2.52. The minimum Gasteiger partial charge on any atom is -0.339 e. The van der Waals surface area contributed by atoms with Crippen LogP contribution in [0.15, 0.2) is 62.6 Å². The highest BCUT2D eigenvalue weighted by molar-refractivity contribution is 9.10. The highest BCUT2D eigenvalue weighted by Gasteiger charge is 2.27. The van der Waals surface area contributed by atoms with Crippen LogP contribution in [-0.4, -0.2) is 55.7 Å². The molecule has 0 unspecified atom stereocenters. The molecule has 3 heterocycles. The summed E-state index contributed by atoms with van der Waals surface area (Å²) in [4.78, 5) is 47.5. The Bertz CT molecular complexity index is 1560. The molecule has 0 spiro atoms. The SMILES string of the molecule is Cc1ccc(C(=O)N2CCN(c3nc4c(c(=O)n(C)c(=O)n4C)n3Cc3ccc(Br)cc3)CC2)cc1. The molecule has 0 atom stereocenters. The van der Waals surface area contributed by atoms with Crippen LogP contribution in [0.4, 0.5) is 5.95 Å². The minimum absolute atomic E-state index is 0.00859. The molecule has 5 rings (SSSR count). The zero-order valence-corrected chi connectivity index (χ0v) is 22.0. The highest BCUT2D eigenvalue weighted by Crippen LogP contribution is 2.24. The second kappa shape index (κ2) is 9.42. The van der Waals surface area contributed by atoms with Crippen molar-refractivity contribution in [1.82, 2.24) is 23.6 Å². The summed E-state index contributed by atoms with van der Waals surface area (Å²) in [6, 6.07) is 15.5. The average Bonchev–Trinajstić information content (AvgIpc) is 3.27. The molecular formula is C26H27BrN6O3. The van der Waals surface area contributed by atoms with Crippen LogP contribution < -0.4 is 16.1 Å². The van der Waals surface area contributed by atoms with Gasteiger partial charge in [0.25, 0.3) is 11.5 Å². The van der Waals surface area contributed by atoms with Gasteiger partial charge in [0.15, 0.2) is 11.2 Å². The number of imidazole rings is 1. The fraction of sp³-hybridized carbons (Fsp3) is 0.308. The Morgan fingerprint density at radius 1 is 0.917 bits per heavy atom. The number of nitrogens with zero attached hydrogens (tertiary/aromatic N) is 6. The van der Waals surface area contributed by atoms with Gasteiger partial charge in [-0.3, -0.25) is 23.3 Å². The van der Waals surface area contributed by atoms with Crippen molar-refractivity contribution >= 4 is 38.9 Å². The lowest BCUT2D eigenvalue weighted by atomic mass is 10.1. The molecule has 10 heteroatoms. The van der Waals surface area contributed by atoms with Crippen molar-refractivity contribution in [2.45, 2.75) is 13.5 Å². The Kier molecular flexibility index (Phi) is 6.29. The van der Waals surface area contributed by atoms with E-state index in [4.69, 9.17) is 4.98 Å². The van der Waals surface area contributed by atoms with Crippen LogP contribution in [0.2, 0.25) is 0 Å². The van der Waals surface area contributed by atoms with Gasteiger partial charge in [0.2, 0.25) is 5.95 Å². The lowest BCUT2D eigenvalue weighted by molar-refractivity contribution is 0.0746. The van der Waals surface area contributed by atoms with E-state index in [0.717, 1.165) is 20.2 Å². The topological polar surface area (TPSA) is 85.4 Å². The van der Waals surface area contributed by atoms with Crippen LogP contribution in [-0.2, 0) is 20.6 Å². The zero-order valence-electron chi connectivity index (χ0n) is 20.4. The standard InChI is InChI=1S/C26H27BrN6O3/c1-17-4-8-19(9-5-17)23(34)31-12-14-32(15-13-31)25-28-22-21(24(35)30(3)26(36)29(22)2)33(25)16-18-6-10-20(27)11-7-18/h4-11H,12-16H2,1-3H3. The molecule has 0 N–H and O–H groups in total. The molecule has 4 aromatic rings. The molecule has 0 bridgehead atoms. The maximum absolute atomic E-state index is 13.2. The third-order valence-electron chi connectivity index (χ3n) is 6.73. The lowest BCUT2D eigenvalue weighted by Crippen LogP contribution is -2.49. The molecule has 1 aliphatic heterocycles. The monoisotopic (exact) mass is 550 g/mol. The van der Waals surface area contributed by atoms with Gasteiger partial charge in [0.05, 0.1) is 6.54 Å². The summed E-state index contributed by atoms with van der Waals surface area (Å²) in [5, 5.41) is 0. The van der Waals surface area contributed by atoms with Gasteiger partial charge in [-0.2, -0.15) is 4.98 Å². The van der Waals surface area contributed by atoms with Crippen LogP contribution in [0, 0.1) is 6.92 Å². The first-order chi connectivity index (χ1) is 17.2. The molecule has 1 amide bonds. The van der Waals surface area contributed by atoms with Gasteiger partial charge in [0.1, 0.15) is 0 Å². The quantitative estimate of drug-likeness (QED) is 0.389. The Morgan fingerprint density at radius 2 is 1.56 bits per heavy atom. The van der Waals surface area contributed by atoms with Gasteiger partial charge >= 0.3 is 5.69 Å². The molecular weight excluding hydrogens is 524 g/mol. The van der Waals surface area contributed by atoms with E-state index in [9.17, 15) is 14.4 Å². The van der Waals surface area contributed by atoms with Crippen molar-refractivity contribution in [1.29, 1.82) is 0 Å². The number of piperazine rings is 1. The number of carbonyl (C=O) groups is 1. The Balaban J connectivity index is 1.50. The number of amides is 1. The first-order valence-corrected chi connectivity index (χ1v) is 12.6. The van der Waals surface area contributed by atoms with Crippen molar-refractivity contribution in [3.8, 4) is 0 Å². The molecule has 1 aliphatic rings. The fourth-order valence-electron chi connectivity index (χ4n) is 4.59. The maximum Gasteiger partial charge on any atom is 0.332 e. The summed E-state index contributed by atoms with van der Waals surface area (Å²) in [5.74, 6) is 0.628. The molecule has 1 fully saturated rings. The second-order valence-electron chi connectivity index (χ2n) is 9.15. The number of anilines is 1. The second-order valence-corrected chi connectivity index (χ2v) is 10.1. The molecule has 0 saturated carbocycles. The number of benzene rings is 2. The molecule has 2 aromatic carbocycles. The molecule has 0 radical (unpaired) electrons. The summed E-state index contributed by atoms with van der Waals surface area (Å²) in [7, 11) is 3.11. The summed E-state index contributed by atoms with van der Waals surface area (Å²) in [6.45, 7) is 4.62. The number of hydrogen-bond acceptors (Lipinski definition) is 5. The lowest BCUT2D eigenvalue weighted by Gasteiger charge is -2.35. The molecule has 2 aromatic heterocycles. The fourth-order valence-corrected chi connectivity index (χ4v) is 4.85. The van der Waals surface area contributed by atoms with Gasteiger partial charge in [-0.05, 0) is 36.8 Å². The third kappa shape index (κ3) is 4.26. The van der Waals surface area contributed by atoms with Crippen LogP contribution >= 0.6 is 15.9 Å². The number of halogens is 1. The van der Waals surface area contributed by atoms with E-state index in [1.54, 1.807) is 7.05 Å². The van der Waals surface area contributed by atoms with Crippen LogP contribution in [0.3, 0.4) is 0 Å². The predicted molar refractivity (Wildman–Crippen MR) is 143 cm³/mol. The van der Waals surface area contributed by atoms with Crippen LogP contribution in [0.5, 0.6) is 0 Å². The van der Waals surface area contributed by atoms with Crippen molar-refractivity contribution < 1.29 is 4.79 Å². The average molecular weight is 551 g/mol. The van der Waals surface area contributed by atoms with E-state index in [1.165, 1.54) is 11.6 Å². The summed E-state index contributed by atoms with van der Waals surface area (Å²) >= 11 is 3.47. The van der Waals surface area contributed by atoms with Crippen molar-refractivity contribution in [2.24, 2.45) is 14.1 Å². The van der Waals surface area contributed by atoms with E-state index >= 15 is 0 Å². The Hall–Kier alpha value is -3.66. The van der Waals surface area contributed by atoms with Gasteiger partial charge in [0, 0.05) is 50.3 Å². The van der Waals surface area contributed by atoms with Crippen LogP contribution in [0.1, 0.15) is 21.5 Å². The largest absolute Gasteiger partial charge is 0.339 e. The number of carbonyl (C=O) groups excluding carboxylic acids is 1. The summed E-state index contributed by atoms with van der Waals surface area (Å²) < 4.78 is 5.38. The van der Waals surface area contributed by atoms with Crippen molar-refractivity contribution in [3.05, 3.63) is 90.5 Å². The summed E-state index contributed by atoms with van der Waals surface area (Å²) in [6.07, 6.45) is 0. The van der Waals surface area contributed by atoms with Crippen molar-refractivity contribution in [3.63, 3.8) is 0 Å². The first kappa shape index (κ1) is 24.1. The van der Waals surface area contributed by atoms with Gasteiger partial charge in [-0.25, -0.2) is 4.79 Å². The maximum atomic E-state index is 13.2. The normalized spacial score (nSPS) is 14.0. The number of fused-ring (bicyclic) bond motifs is 1. The van der Waals surface area contributed by atoms with E-state index in [-0.39, 0.29) is 11.5 Å². The minimum atomic E-state index is -0.416. The van der Waals surface area contributed by atoms with Crippen LogP contribution in [0.25, 0.3) is 11.2 Å². The smallest absolute Gasteiger partial charge is 0.332 e. The molecule has 186 valence electrons. The molecule has 0 aliphatic carbocycles. The van der Waals surface area contributed by atoms with E-state index in [2.05, 4.69) is 20.8 Å². The number of aryl methyl sites for hydroxylation is 2. The highest BCUT2D eigenvalue weighted by atomic mass is 79.9. The Labute approximate surface area is 216 Å². The van der Waals surface area contributed by atoms with E-state index in [1.807, 2.05) is 64.9 Å². The number of hydrogen-bond donors (Lipinski definition) is 0. The molecule has 1 saturated heterocycles.